The topological polar surface area (TPSA) is 113 Å². The van der Waals surface area contributed by atoms with Crippen LogP contribution >= 0.6 is 0 Å². The van der Waals surface area contributed by atoms with E-state index in [4.69, 9.17) is 10.00 Å². The van der Waals surface area contributed by atoms with E-state index in [2.05, 4.69) is 10.6 Å². The van der Waals surface area contributed by atoms with Crippen LogP contribution in [0, 0.1) is 31.0 Å². The zero-order valence-corrected chi connectivity index (χ0v) is 16.8. The number of nitrogens with one attached hydrogen (secondary N) is 2. The Balaban J connectivity index is 1.86. The molecule has 0 unspecified atom stereocenters. The number of rotatable bonds is 5. The molecule has 1 aromatic carbocycles. The molecule has 0 bridgehead atoms. The van der Waals surface area contributed by atoms with Gasteiger partial charge < -0.3 is 19.9 Å². The van der Waals surface area contributed by atoms with Gasteiger partial charge in [-0.1, -0.05) is 0 Å². The number of ether oxygens (including phenoxy) is 1. The molecule has 0 radical (unpaired) electrons. The summed E-state index contributed by atoms with van der Waals surface area (Å²) in [6.07, 6.45) is 0.639. The molecule has 3 rings (SSSR count). The normalized spacial score (nSPS) is 15.5. The van der Waals surface area contributed by atoms with Gasteiger partial charge in [0.15, 0.2) is 0 Å². The van der Waals surface area contributed by atoms with Crippen molar-refractivity contribution in [3.63, 3.8) is 0 Å². The highest BCUT2D eigenvalue weighted by Crippen LogP contribution is 2.24. The molecule has 1 aliphatic rings. The summed E-state index contributed by atoms with van der Waals surface area (Å²) in [5, 5.41) is 14.2. The Morgan fingerprint density at radius 3 is 2.67 bits per heavy atom. The fourth-order valence-electron chi connectivity index (χ4n) is 3.52. The molecule has 2 N–H and O–H groups in total. The third-order valence-electron chi connectivity index (χ3n) is 5.19. The molecular weight excluding hydrogens is 391 g/mol. The molecule has 2 amide bonds. The Kier molecular flexibility index (Phi) is 5.99. The van der Waals surface area contributed by atoms with Crippen molar-refractivity contribution in [2.75, 3.05) is 18.5 Å². The van der Waals surface area contributed by atoms with Gasteiger partial charge in [0.05, 0.1) is 29.5 Å². The van der Waals surface area contributed by atoms with Crippen molar-refractivity contribution < 1.29 is 23.5 Å². The summed E-state index contributed by atoms with van der Waals surface area (Å²) >= 11 is 0. The number of carbonyl (C=O) groups excluding carboxylic acids is 3. The van der Waals surface area contributed by atoms with Crippen molar-refractivity contribution in [1.82, 2.24) is 9.88 Å². The fraction of sp³-hybridized carbons (Fsp3) is 0.333. The summed E-state index contributed by atoms with van der Waals surface area (Å²) in [6, 6.07) is 5.16. The number of amides is 2. The number of halogens is 1. The van der Waals surface area contributed by atoms with E-state index in [9.17, 15) is 18.8 Å². The number of nitrogens with zero attached hydrogens (tertiary/aromatic N) is 2. The van der Waals surface area contributed by atoms with Gasteiger partial charge in [0, 0.05) is 25.0 Å². The zero-order valence-electron chi connectivity index (χ0n) is 16.8. The van der Waals surface area contributed by atoms with Crippen molar-refractivity contribution in [1.29, 1.82) is 5.26 Å². The van der Waals surface area contributed by atoms with E-state index in [1.165, 1.54) is 16.7 Å². The first-order valence-corrected chi connectivity index (χ1v) is 9.34. The second-order valence-corrected chi connectivity index (χ2v) is 7.12. The van der Waals surface area contributed by atoms with Crippen LogP contribution in [0.5, 0.6) is 0 Å². The minimum absolute atomic E-state index is 0.117. The van der Waals surface area contributed by atoms with Gasteiger partial charge in [0.2, 0.25) is 0 Å². The predicted molar refractivity (Wildman–Crippen MR) is 106 cm³/mol. The van der Waals surface area contributed by atoms with E-state index in [0.29, 0.717) is 30.9 Å². The number of Topliss-reactive ketones (excluding diaryl/α,β-unsaturated/α-hetero) is 1. The van der Waals surface area contributed by atoms with Crippen LogP contribution in [0.1, 0.15) is 44.1 Å². The minimum atomic E-state index is -0.752. The summed E-state index contributed by atoms with van der Waals surface area (Å²) in [4.78, 5) is 38.0. The second kappa shape index (κ2) is 8.47. The van der Waals surface area contributed by atoms with Crippen LogP contribution < -0.4 is 10.6 Å². The maximum atomic E-state index is 13.5. The summed E-state index contributed by atoms with van der Waals surface area (Å²) < 4.78 is 20.2. The van der Waals surface area contributed by atoms with Gasteiger partial charge in [-0.25, -0.2) is 4.39 Å². The molecule has 30 heavy (non-hydrogen) atoms. The second-order valence-electron chi connectivity index (χ2n) is 7.12. The van der Waals surface area contributed by atoms with Crippen molar-refractivity contribution in [2.45, 2.75) is 26.3 Å². The molecule has 8 nitrogen and oxygen atoms in total. The molecule has 9 heteroatoms. The van der Waals surface area contributed by atoms with Crippen molar-refractivity contribution in [3.8, 4) is 6.07 Å². The number of anilines is 1. The summed E-state index contributed by atoms with van der Waals surface area (Å²) in [6.45, 7) is 4.14. The van der Waals surface area contributed by atoms with Gasteiger partial charge in [-0.2, -0.15) is 5.26 Å². The van der Waals surface area contributed by atoms with Crippen LogP contribution in [-0.4, -0.2) is 41.4 Å². The maximum Gasteiger partial charge on any atom is 0.294 e. The van der Waals surface area contributed by atoms with Crippen LogP contribution in [0.2, 0.25) is 0 Å². The molecule has 156 valence electrons. The summed E-state index contributed by atoms with van der Waals surface area (Å²) in [5.74, 6) is -2.70. The van der Waals surface area contributed by atoms with Crippen LogP contribution in [0.4, 0.5) is 10.1 Å². The van der Waals surface area contributed by atoms with Crippen LogP contribution in [0.3, 0.4) is 0 Å². The third kappa shape index (κ3) is 3.95. The van der Waals surface area contributed by atoms with E-state index < -0.39 is 23.4 Å². The number of hydrogen-bond acceptors (Lipinski definition) is 5. The summed E-state index contributed by atoms with van der Waals surface area (Å²) in [7, 11) is 1.60. The van der Waals surface area contributed by atoms with Gasteiger partial charge in [0.1, 0.15) is 11.9 Å². The monoisotopic (exact) mass is 412 g/mol. The highest BCUT2D eigenvalue weighted by atomic mass is 19.1. The Morgan fingerprint density at radius 2 is 2.03 bits per heavy atom. The molecule has 2 aromatic rings. The maximum absolute atomic E-state index is 13.5. The number of carbonyl (C=O) groups is 3. The highest BCUT2D eigenvalue weighted by Gasteiger charge is 2.30. The van der Waals surface area contributed by atoms with Crippen LogP contribution in [0.15, 0.2) is 18.2 Å². The molecule has 0 spiro atoms. The van der Waals surface area contributed by atoms with Gasteiger partial charge in [-0.15, -0.1) is 0 Å². The quantitative estimate of drug-likeness (QED) is 0.576. The van der Waals surface area contributed by atoms with Crippen LogP contribution in [0.25, 0.3) is 0 Å². The van der Waals surface area contributed by atoms with Crippen LogP contribution in [-0.2, 0) is 16.6 Å². The van der Waals surface area contributed by atoms with Crippen molar-refractivity contribution >= 4 is 23.3 Å². The third-order valence-corrected chi connectivity index (χ3v) is 5.19. The van der Waals surface area contributed by atoms with Gasteiger partial charge in [-0.05, 0) is 44.0 Å². The number of ketones is 1. The molecule has 2 heterocycles. The number of nitriles is 1. The van der Waals surface area contributed by atoms with Crippen molar-refractivity contribution in [2.24, 2.45) is 7.05 Å². The average Bonchev–Trinajstić information content (AvgIpc) is 3.29. The molecule has 0 saturated carbocycles. The first-order valence-electron chi connectivity index (χ1n) is 9.34. The van der Waals surface area contributed by atoms with Gasteiger partial charge in [-0.3, -0.25) is 14.4 Å². The molecule has 1 fully saturated rings. The lowest BCUT2D eigenvalue weighted by Crippen LogP contribution is -2.40. The predicted octanol–water partition coefficient (Wildman–Crippen LogP) is 1.99. The Labute approximate surface area is 172 Å². The highest BCUT2D eigenvalue weighted by molar-refractivity contribution is 6.43. The Morgan fingerprint density at radius 1 is 1.30 bits per heavy atom. The van der Waals surface area contributed by atoms with Gasteiger partial charge in [0.25, 0.3) is 17.6 Å². The number of aromatic nitrogens is 1. The summed E-state index contributed by atoms with van der Waals surface area (Å²) in [5.41, 5.74) is 1.25. The molecule has 1 aromatic heterocycles. The average molecular weight is 412 g/mol. The lowest BCUT2D eigenvalue weighted by molar-refractivity contribution is -0.117. The smallest absolute Gasteiger partial charge is 0.294 e. The lowest BCUT2D eigenvalue weighted by atomic mass is 10.1. The molecule has 1 aliphatic heterocycles. The van der Waals surface area contributed by atoms with E-state index in [1.54, 1.807) is 27.0 Å². The van der Waals surface area contributed by atoms with Gasteiger partial charge >= 0.3 is 0 Å². The van der Waals surface area contributed by atoms with E-state index in [1.807, 2.05) is 0 Å². The minimum Gasteiger partial charge on any atom is -0.379 e. The van der Waals surface area contributed by atoms with Crippen molar-refractivity contribution in [3.05, 3.63) is 52.1 Å². The van der Waals surface area contributed by atoms with E-state index in [0.717, 1.165) is 6.07 Å². The SMILES string of the molecule is Cc1c(C(=O)Nc2ccc(F)c(C#N)c2)c(C)n(C)c1C(=O)C(=O)N[C@H]1CCOC1. The molecule has 1 saturated heterocycles. The number of benzene rings is 1. The molecule has 0 aliphatic carbocycles. The zero-order chi connectivity index (χ0) is 22.0. The fourth-order valence-corrected chi connectivity index (χ4v) is 3.52. The first kappa shape index (κ1) is 21.2. The standard InChI is InChI=1S/C21H21FN4O4/c1-11-17(20(28)24-14-4-5-16(22)13(8-14)9-23)12(2)26(3)18(11)19(27)21(29)25-15-6-7-30-10-15/h4-5,8,15H,6-7,10H2,1-3H3,(H,24,28)(H,25,29)/t15-/m0/s1. The Hall–Kier alpha value is -3.51. The largest absolute Gasteiger partial charge is 0.379 e. The lowest BCUT2D eigenvalue weighted by Gasteiger charge is -2.11. The Bertz CT molecular complexity index is 1080. The van der Waals surface area contributed by atoms with E-state index in [-0.39, 0.29) is 28.6 Å². The van der Waals surface area contributed by atoms with E-state index >= 15 is 0 Å². The molecule has 1 atom stereocenters. The molecular formula is C21H21FN4O4. The first-order chi connectivity index (χ1) is 14.2. The number of hydrogen-bond donors (Lipinski definition) is 2.